The average Bonchev–Trinajstić information content (AvgIpc) is 3.37. The molecule has 1 aliphatic heterocycles. The number of nitrogens with two attached hydrogens (primary N) is 1. The highest BCUT2D eigenvalue weighted by Crippen LogP contribution is 2.38. The lowest BCUT2D eigenvalue weighted by atomic mass is 10.0. The van der Waals surface area contributed by atoms with E-state index >= 15 is 0 Å². The van der Waals surface area contributed by atoms with Gasteiger partial charge in [-0.15, -0.1) is 0 Å². The molecular weight excluding hydrogens is 527 g/mol. The van der Waals surface area contributed by atoms with Gasteiger partial charge in [-0.05, 0) is 38.4 Å². The van der Waals surface area contributed by atoms with Crippen molar-refractivity contribution in [1.82, 2.24) is 24.5 Å². The van der Waals surface area contributed by atoms with Gasteiger partial charge >= 0.3 is 12.3 Å². The van der Waals surface area contributed by atoms with Gasteiger partial charge in [-0.2, -0.15) is 9.97 Å². The minimum atomic E-state index is -1.41. The number of halogens is 2. The average molecular weight is 555 g/mol. The summed E-state index contributed by atoms with van der Waals surface area (Å²) in [4.78, 5) is 37.6. The monoisotopic (exact) mass is 554 g/mol. The zero-order valence-corrected chi connectivity index (χ0v) is 21.8. The van der Waals surface area contributed by atoms with E-state index in [0.717, 1.165) is 5.56 Å². The maximum Gasteiger partial charge on any atom is 0.508 e. The molecule has 0 bridgehead atoms. The first-order valence-electron chi connectivity index (χ1n) is 11.4. The van der Waals surface area contributed by atoms with Gasteiger partial charge in [0.15, 0.2) is 23.9 Å². The van der Waals surface area contributed by atoms with Gasteiger partial charge in [0.2, 0.25) is 5.28 Å². The lowest BCUT2D eigenvalue weighted by molar-refractivity contribution is -0.0508. The van der Waals surface area contributed by atoms with Crippen molar-refractivity contribution in [1.29, 1.82) is 0 Å². The third kappa shape index (κ3) is 7.61. The number of carboxylic acid groups (broad SMARTS) is 1. The molecule has 0 unspecified atom stereocenters. The normalized spacial score (nSPS) is 20.9. The summed E-state index contributed by atoms with van der Waals surface area (Å²) < 4.78 is 36.6. The summed E-state index contributed by atoms with van der Waals surface area (Å²) in [6.45, 7) is 6.55. The van der Waals surface area contributed by atoms with E-state index in [0.29, 0.717) is 5.52 Å². The van der Waals surface area contributed by atoms with Crippen LogP contribution in [-0.4, -0.2) is 66.4 Å². The Hall–Kier alpha value is -3.78. The van der Waals surface area contributed by atoms with Crippen LogP contribution in [0.1, 0.15) is 39.5 Å². The van der Waals surface area contributed by atoms with E-state index < -0.39 is 42.3 Å². The zero-order chi connectivity index (χ0) is 28.0. The van der Waals surface area contributed by atoms with E-state index in [2.05, 4.69) is 24.7 Å². The Bertz CT molecular complexity index is 1260. The molecule has 1 saturated heterocycles. The summed E-state index contributed by atoms with van der Waals surface area (Å²) in [6, 6.07) is 3.49. The highest BCUT2D eigenvalue weighted by Gasteiger charge is 2.44. The number of ether oxygens (including phenoxy) is 4. The van der Waals surface area contributed by atoms with Crippen LogP contribution in [0.5, 0.6) is 0 Å². The zero-order valence-electron chi connectivity index (χ0n) is 21.1. The van der Waals surface area contributed by atoms with Gasteiger partial charge in [-0.25, -0.2) is 19.0 Å². The molecule has 0 saturated carbocycles. The number of pyridine rings is 1. The second-order valence-electron chi connectivity index (χ2n) is 9.26. The standard InChI is InChI=1S/C18H18ClFN6O4.C5H10O3/c1-9-11(7-29-18(27)28-6-10-3-2-4-22-5-10)30-16(12(9)20)26-8-23-13-14(21)24-17(19)25-15(13)26;1-5(2,3)8-4(6)7/h2-5,8-9,11-12,16H,6-7H2,1H3,(H2,21,24,25);1-3H3,(H,6,7)/t9-,11-,12+,16-;/m1./s1. The lowest BCUT2D eigenvalue weighted by Gasteiger charge is -2.16. The summed E-state index contributed by atoms with van der Waals surface area (Å²) in [5, 5.41) is 7.94. The molecule has 0 spiro atoms. The summed E-state index contributed by atoms with van der Waals surface area (Å²) in [6.07, 6.45) is -0.683. The number of carbonyl (C=O) groups is 2. The third-order valence-electron chi connectivity index (χ3n) is 5.21. The van der Waals surface area contributed by atoms with Crippen LogP contribution in [0.25, 0.3) is 11.2 Å². The van der Waals surface area contributed by atoms with Crippen molar-refractivity contribution in [2.24, 2.45) is 5.92 Å². The molecule has 0 radical (unpaired) electrons. The Morgan fingerprint density at radius 3 is 2.63 bits per heavy atom. The van der Waals surface area contributed by atoms with E-state index in [1.165, 1.54) is 10.9 Å². The van der Waals surface area contributed by atoms with Crippen molar-refractivity contribution in [2.45, 2.75) is 58.4 Å². The quantitative estimate of drug-likeness (QED) is 0.341. The molecule has 4 heterocycles. The van der Waals surface area contributed by atoms with Gasteiger partial charge in [0, 0.05) is 23.9 Å². The fourth-order valence-corrected chi connectivity index (χ4v) is 3.60. The molecule has 4 atom stereocenters. The second kappa shape index (κ2) is 12.2. The smallest absolute Gasteiger partial charge is 0.450 e. The maximum absolute atomic E-state index is 15.0. The van der Waals surface area contributed by atoms with Gasteiger partial charge in [-0.3, -0.25) is 9.55 Å². The molecule has 38 heavy (non-hydrogen) atoms. The number of fused-ring (bicyclic) bond motifs is 1. The Morgan fingerprint density at radius 2 is 2.03 bits per heavy atom. The molecule has 4 rings (SSSR count). The predicted octanol–water partition coefficient (Wildman–Crippen LogP) is 4.16. The number of alkyl halides is 1. The van der Waals surface area contributed by atoms with E-state index in [9.17, 15) is 14.0 Å². The summed E-state index contributed by atoms with van der Waals surface area (Å²) in [5.41, 5.74) is 6.48. The van der Waals surface area contributed by atoms with Crippen LogP contribution >= 0.6 is 11.6 Å². The first-order valence-corrected chi connectivity index (χ1v) is 11.8. The Kier molecular flexibility index (Phi) is 9.22. The third-order valence-corrected chi connectivity index (χ3v) is 5.38. The van der Waals surface area contributed by atoms with Crippen LogP contribution in [0.15, 0.2) is 30.9 Å². The number of hydrogen-bond donors (Lipinski definition) is 2. The second-order valence-corrected chi connectivity index (χ2v) is 9.60. The number of nitrogen functional groups attached to an aromatic ring is 1. The molecule has 1 aliphatic rings. The van der Waals surface area contributed by atoms with Crippen LogP contribution < -0.4 is 5.73 Å². The number of imidazole rings is 1. The van der Waals surface area contributed by atoms with Crippen LogP contribution in [0.4, 0.5) is 19.8 Å². The first-order chi connectivity index (χ1) is 17.9. The van der Waals surface area contributed by atoms with Gasteiger partial charge in [0.1, 0.15) is 24.3 Å². The van der Waals surface area contributed by atoms with E-state index in [1.807, 2.05) is 0 Å². The molecule has 3 N–H and O–H groups in total. The van der Waals surface area contributed by atoms with Crippen molar-refractivity contribution < 1.29 is 38.0 Å². The number of aromatic nitrogens is 5. The molecule has 0 amide bonds. The van der Waals surface area contributed by atoms with Crippen molar-refractivity contribution in [2.75, 3.05) is 12.3 Å². The van der Waals surface area contributed by atoms with Gasteiger partial charge in [-0.1, -0.05) is 13.0 Å². The predicted molar refractivity (Wildman–Crippen MR) is 132 cm³/mol. The molecular formula is C23H28ClFN6O7. The van der Waals surface area contributed by atoms with Gasteiger partial charge in [0.05, 0.1) is 12.4 Å². The number of carbonyl (C=O) groups excluding carboxylic acids is 1. The molecule has 1 fully saturated rings. The number of rotatable bonds is 5. The Morgan fingerprint density at radius 1 is 1.29 bits per heavy atom. The largest absolute Gasteiger partial charge is 0.508 e. The summed E-state index contributed by atoms with van der Waals surface area (Å²) >= 11 is 5.86. The number of nitrogens with zero attached hydrogens (tertiary/aromatic N) is 5. The van der Waals surface area contributed by atoms with Crippen LogP contribution in [0.3, 0.4) is 0 Å². The van der Waals surface area contributed by atoms with E-state index in [-0.39, 0.29) is 30.0 Å². The molecule has 3 aromatic rings. The first kappa shape index (κ1) is 28.8. The molecule has 15 heteroatoms. The van der Waals surface area contributed by atoms with Crippen LogP contribution in [0, 0.1) is 5.92 Å². The van der Waals surface area contributed by atoms with Gasteiger partial charge in [0.25, 0.3) is 0 Å². The molecule has 0 aromatic carbocycles. The lowest BCUT2D eigenvalue weighted by Crippen LogP contribution is -2.25. The molecule has 13 nitrogen and oxygen atoms in total. The van der Waals surface area contributed by atoms with Crippen LogP contribution in [-0.2, 0) is 25.6 Å². The topological polar surface area (TPSA) is 174 Å². The number of anilines is 1. The highest BCUT2D eigenvalue weighted by atomic mass is 35.5. The summed E-state index contributed by atoms with van der Waals surface area (Å²) in [5.74, 6) is -0.477. The molecule has 0 aliphatic carbocycles. The molecule has 3 aromatic heterocycles. The van der Waals surface area contributed by atoms with Crippen molar-refractivity contribution in [3.63, 3.8) is 0 Å². The van der Waals surface area contributed by atoms with Crippen molar-refractivity contribution >= 4 is 40.9 Å². The van der Waals surface area contributed by atoms with Gasteiger partial charge < -0.3 is 29.8 Å². The Labute approximate surface area is 222 Å². The van der Waals surface area contributed by atoms with E-state index in [1.54, 1.807) is 52.2 Å². The molecule has 206 valence electrons. The van der Waals surface area contributed by atoms with Crippen LogP contribution in [0.2, 0.25) is 5.28 Å². The summed E-state index contributed by atoms with van der Waals surface area (Å²) in [7, 11) is 0. The fourth-order valence-electron chi connectivity index (χ4n) is 3.43. The maximum atomic E-state index is 15.0. The Balaban J connectivity index is 0.000000436. The number of hydrogen-bond acceptors (Lipinski definition) is 11. The fraction of sp³-hybridized carbons (Fsp3) is 0.478. The van der Waals surface area contributed by atoms with Crippen molar-refractivity contribution in [3.05, 3.63) is 41.7 Å². The van der Waals surface area contributed by atoms with Crippen molar-refractivity contribution in [3.8, 4) is 0 Å². The van der Waals surface area contributed by atoms with E-state index in [4.69, 9.17) is 36.7 Å². The SMILES string of the molecule is CC(C)(C)OC(=O)O.C[C@H]1[C@H](F)[C@H](n2cnc3c(N)nc(Cl)nc32)O[C@@H]1COC(=O)OCc1cccnc1. The minimum absolute atomic E-state index is 0.0189. The highest BCUT2D eigenvalue weighted by molar-refractivity contribution is 6.28. The minimum Gasteiger partial charge on any atom is -0.450 e.